The third-order valence-corrected chi connectivity index (χ3v) is 5.11. The number of carbonyl (C=O) groups is 2. The molecule has 8 heteroatoms. The molecule has 4 rings (SSSR count). The summed E-state index contributed by atoms with van der Waals surface area (Å²) in [5.74, 6) is -0.892. The smallest absolute Gasteiger partial charge is 0.346 e. The predicted octanol–water partition coefficient (Wildman–Crippen LogP) is 3.28. The van der Waals surface area contributed by atoms with Crippen molar-refractivity contribution in [3.8, 4) is 11.5 Å². The summed E-state index contributed by atoms with van der Waals surface area (Å²) < 4.78 is 16.0. The van der Waals surface area contributed by atoms with Crippen LogP contribution in [-0.2, 0) is 17.6 Å². The molecule has 29 heavy (non-hydrogen) atoms. The first-order valence-corrected chi connectivity index (χ1v) is 9.39. The van der Waals surface area contributed by atoms with Gasteiger partial charge in [-0.15, -0.1) is 0 Å². The Kier molecular flexibility index (Phi) is 4.92. The molecule has 0 fully saturated rings. The van der Waals surface area contributed by atoms with E-state index in [4.69, 9.17) is 14.2 Å². The maximum absolute atomic E-state index is 12.7. The van der Waals surface area contributed by atoms with E-state index in [1.54, 1.807) is 6.07 Å². The van der Waals surface area contributed by atoms with Gasteiger partial charge in [-0.3, -0.25) is 14.9 Å². The Bertz CT molecular complexity index is 1010. The van der Waals surface area contributed by atoms with Crippen LogP contribution in [0.2, 0.25) is 0 Å². The van der Waals surface area contributed by atoms with Crippen LogP contribution < -0.4 is 9.47 Å². The highest BCUT2D eigenvalue weighted by molar-refractivity contribution is 6.02. The van der Waals surface area contributed by atoms with Crippen LogP contribution in [0.1, 0.15) is 45.2 Å². The molecule has 2 aliphatic rings. The van der Waals surface area contributed by atoms with Crippen molar-refractivity contribution >= 4 is 17.4 Å². The Morgan fingerprint density at radius 2 is 1.76 bits per heavy atom. The minimum Gasteiger partial charge on any atom is -0.486 e. The highest BCUT2D eigenvalue weighted by atomic mass is 16.6. The van der Waals surface area contributed by atoms with Gasteiger partial charge in [0, 0.05) is 11.6 Å². The number of nitro benzene ring substituents is 1. The van der Waals surface area contributed by atoms with E-state index in [2.05, 4.69) is 0 Å². The van der Waals surface area contributed by atoms with Crippen molar-refractivity contribution in [2.75, 3.05) is 13.2 Å². The number of benzene rings is 2. The Morgan fingerprint density at radius 1 is 1.07 bits per heavy atom. The number of carbonyl (C=O) groups excluding carboxylic acids is 2. The quantitative estimate of drug-likeness (QED) is 0.330. The van der Waals surface area contributed by atoms with Gasteiger partial charge in [-0.2, -0.15) is 0 Å². The molecule has 0 unspecified atom stereocenters. The minimum atomic E-state index is -1.09. The van der Waals surface area contributed by atoms with Gasteiger partial charge in [0.25, 0.3) is 5.69 Å². The summed E-state index contributed by atoms with van der Waals surface area (Å²) in [4.78, 5) is 36.0. The Hall–Kier alpha value is -3.42. The van der Waals surface area contributed by atoms with E-state index >= 15 is 0 Å². The predicted molar refractivity (Wildman–Crippen MR) is 102 cm³/mol. The van der Waals surface area contributed by atoms with Crippen LogP contribution in [-0.4, -0.2) is 36.0 Å². The summed E-state index contributed by atoms with van der Waals surface area (Å²) in [5, 5.41) is 11.4. The van der Waals surface area contributed by atoms with Gasteiger partial charge in [0.2, 0.25) is 5.78 Å². The van der Waals surface area contributed by atoms with Gasteiger partial charge in [0.1, 0.15) is 18.8 Å². The van der Waals surface area contributed by atoms with E-state index < -0.39 is 22.7 Å². The van der Waals surface area contributed by atoms with Crippen LogP contribution in [0.3, 0.4) is 0 Å². The molecule has 1 aliphatic carbocycles. The average Bonchev–Trinajstić information content (AvgIpc) is 3.19. The molecular weight excluding hydrogens is 378 g/mol. The third kappa shape index (κ3) is 3.65. The lowest BCUT2D eigenvalue weighted by molar-refractivity contribution is -0.385. The van der Waals surface area contributed by atoms with Crippen molar-refractivity contribution in [3.05, 3.63) is 62.7 Å². The van der Waals surface area contributed by atoms with E-state index in [1.165, 1.54) is 18.6 Å². The number of rotatable bonds is 5. The molecule has 2 aromatic carbocycles. The van der Waals surface area contributed by atoms with Crippen LogP contribution >= 0.6 is 0 Å². The normalized spacial score (nSPS) is 15.3. The molecule has 0 saturated carbocycles. The number of nitro groups is 1. The van der Waals surface area contributed by atoms with Crippen LogP contribution in [0.5, 0.6) is 11.5 Å². The fourth-order valence-corrected chi connectivity index (χ4v) is 3.63. The zero-order chi connectivity index (χ0) is 20.5. The number of hydrogen-bond donors (Lipinski definition) is 0. The van der Waals surface area contributed by atoms with Gasteiger partial charge in [-0.05, 0) is 43.4 Å². The minimum absolute atomic E-state index is 0.196. The number of ketones is 1. The zero-order valence-electron chi connectivity index (χ0n) is 15.8. The number of esters is 1. The highest BCUT2D eigenvalue weighted by Gasteiger charge is 2.30. The summed E-state index contributed by atoms with van der Waals surface area (Å²) in [6.07, 6.45) is 1.90. The van der Waals surface area contributed by atoms with Gasteiger partial charge in [-0.25, -0.2) is 4.79 Å². The number of ether oxygens (including phenoxy) is 3. The third-order valence-electron chi connectivity index (χ3n) is 5.11. The van der Waals surface area contributed by atoms with Crippen LogP contribution in [0.15, 0.2) is 30.3 Å². The Morgan fingerprint density at radius 3 is 2.48 bits per heavy atom. The first-order chi connectivity index (χ1) is 13.9. The first-order valence-electron chi connectivity index (χ1n) is 9.39. The van der Waals surface area contributed by atoms with Crippen molar-refractivity contribution in [1.82, 2.24) is 0 Å². The van der Waals surface area contributed by atoms with E-state index in [0.717, 1.165) is 30.9 Å². The second kappa shape index (κ2) is 7.54. The van der Waals surface area contributed by atoms with Crippen molar-refractivity contribution < 1.29 is 28.7 Å². The van der Waals surface area contributed by atoms with Crippen molar-refractivity contribution in [1.29, 1.82) is 0 Å². The monoisotopic (exact) mass is 397 g/mol. The zero-order valence-corrected chi connectivity index (χ0v) is 15.8. The highest BCUT2D eigenvalue weighted by Crippen LogP contribution is 2.37. The lowest BCUT2D eigenvalue weighted by Crippen LogP contribution is -2.25. The Labute approximate surface area is 166 Å². The molecule has 0 spiro atoms. The lowest BCUT2D eigenvalue weighted by Gasteiger charge is -2.19. The molecule has 0 N–H and O–H groups in total. The maximum atomic E-state index is 12.7. The van der Waals surface area contributed by atoms with Crippen molar-refractivity contribution in [3.63, 3.8) is 0 Å². The summed E-state index contributed by atoms with van der Waals surface area (Å²) >= 11 is 0. The molecule has 0 radical (unpaired) electrons. The summed E-state index contributed by atoms with van der Waals surface area (Å²) in [7, 11) is 0. The number of fused-ring (bicyclic) bond motifs is 2. The molecule has 2 aromatic rings. The summed E-state index contributed by atoms with van der Waals surface area (Å²) in [5.41, 5.74) is 2.09. The molecule has 0 bridgehead atoms. The molecule has 1 atom stereocenters. The van der Waals surface area contributed by atoms with Crippen molar-refractivity contribution in [2.45, 2.75) is 32.3 Å². The second-order valence-corrected chi connectivity index (χ2v) is 7.02. The number of Topliss-reactive ketones (excluding diaryl/α,β-unsaturated/α-hetero) is 1. The fourth-order valence-electron chi connectivity index (χ4n) is 3.63. The van der Waals surface area contributed by atoms with Gasteiger partial charge in [0.15, 0.2) is 17.6 Å². The topological polar surface area (TPSA) is 105 Å². The molecule has 150 valence electrons. The first kappa shape index (κ1) is 18.9. The molecule has 1 heterocycles. The van der Waals surface area contributed by atoms with E-state index in [0.29, 0.717) is 5.56 Å². The molecule has 0 amide bonds. The number of nitrogens with zero attached hydrogens (tertiary/aromatic N) is 1. The SMILES string of the molecule is C[C@H](OC(=O)c1cc2c(cc1[N+](=O)[O-])OCCO2)C(=O)c1ccc2c(c1)CCC2. The van der Waals surface area contributed by atoms with Crippen LogP contribution in [0.4, 0.5) is 5.69 Å². The number of aryl methyl sites for hydroxylation is 2. The lowest BCUT2D eigenvalue weighted by atomic mass is 10.0. The second-order valence-electron chi connectivity index (χ2n) is 7.02. The Balaban J connectivity index is 1.55. The van der Waals surface area contributed by atoms with E-state index in [1.807, 2.05) is 12.1 Å². The van der Waals surface area contributed by atoms with E-state index in [-0.39, 0.29) is 36.1 Å². The van der Waals surface area contributed by atoms with Gasteiger partial charge in [-0.1, -0.05) is 12.1 Å². The maximum Gasteiger partial charge on any atom is 0.346 e. The van der Waals surface area contributed by atoms with Crippen LogP contribution in [0, 0.1) is 10.1 Å². The van der Waals surface area contributed by atoms with Gasteiger partial charge in [0.05, 0.1) is 11.0 Å². The number of hydrogen-bond acceptors (Lipinski definition) is 7. The molecule has 0 aromatic heterocycles. The molecule has 8 nitrogen and oxygen atoms in total. The molecule has 0 saturated heterocycles. The van der Waals surface area contributed by atoms with Gasteiger partial charge < -0.3 is 14.2 Å². The fraction of sp³-hybridized carbons (Fsp3) is 0.333. The molecular formula is C21H19NO7. The average molecular weight is 397 g/mol. The van der Waals surface area contributed by atoms with E-state index in [9.17, 15) is 19.7 Å². The molecule has 1 aliphatic heterocycles. The largest absolute Gasteiger partial charge is 0.486 e. The van der Waals surface area contributed by atoms with Gasteiger partial charge >= 0.3 is 5.97 Å². The summed E-state index contributed by atoms with van der Waals surface area (Å²) in [6, 6.07) is 7.85. The standard InChI is InChI=1S/C21H19NO7/c1-12(20(23)15-6-5-13-3-2-4-14(13)9-15)29-21(24)16-10-18-19(28-8-7-27-18)11-17(16)22(25)26/h5-6,9-12H,2-4,7-8H2,1H3/t12-/m0/s1. The van der Waals surface area contributed by atoms with Crippen LogP contribution in [0.25, 0.3) is 0 Å². The van der Waals surface area contributed by atoms with Crippen molar-refractivity contribution in [2.24, 2.45) is 0 Å². The summed E-state index contributed by atoms with van der Waals surface area (Å²) in [6.45, 7) is 1.99.